The minimum atomic E-state index is -7.73. The van der Waals surface area contributed by atoms with E-state index < -0.39 is 61.6 Å². The lowest BCUT2D eigenvalue weighted by Crippen LogP contribution is -2.70. The molecule has 0 heterocycles. The summed E-state index contributed by atoms with van der Waals surface area (Å²) in [7, 11) is 0. The first-order valence-corrected chi connectivity index (χ1v) is 5.91. The second-order valence-corrected chi connectivity index (χ2v) is 4.72. The minimum absolute atomic E-state index is 0.640. The standard InChI is InChI=1S/C10H10F12O2/c11-5(12,3-1-2-4-23)6(13,14)7(15,16)8(17,18)9(19,20)10(21,22)24/h23-24H,1-4H2. The van der Waals surface area contributed by atoms with E-state index in [1.807, 2.05) is 0 Å². The summed E-state index contributed by atoms with van der Waals surface area (Å²) in [5, 5.41) is 15.8. The van der Waals surface area contributed by atoms with E-state index in [1.54, 1.807) is 0 Å². The van der Waals surface area contributed by atoms with Crippen LogP contribution in [-0.2, 0) is 0 Å². The molecule has 0 aliphatic heterocycles. The van der Waals surface area contributed by atoms with Gasteiger partial charge in [0.05, 0.1) is 0 Å². The van der Waals surface area contributed by atoms with Crippen LogP contribution in [0.1, 0.15) is 19.3 Å². The molecule has 0 atom stereocenters. The summed E-state index contributed by atoms with van der Waals surface area (Å²) in [5.74, 6) is -36.0. The molecule has 0 unspecified atom stereocenters. The molecule has 14 heteroatoms. The van der Waals surface area contributed by atoms with Gasteiger partial charge in [-0.1, -0.05) is 0 Å². The third kappa shape index (κ3) is 3.39. The Morgan fingerprint density at radius 1 is 0.542 bits per heavy atom. The first-order chi connectivity index (χ1) is 10.3. The quantitative estimate of drug-likeness (QED) is 0.463. The lowest BCUT2D eigenvalue weighted by atomic mass is 9.91. The number of aliphatic hydroxyl groups is 2. The third-order valence-electron chi connectivity index (χ3n) is 2.92. The van der Waals surface area contributed by atoms with Crippen LogP contribution in [0.4, 0.5) is 52.7 Å². The number of rotatable bonds is 9. The largest absolute Gasteiger partial charge is 0.423 e. The Kier molecular flexibility index (Phi) is 6.18. The molecule has 0 rings (SSSR count). The number of halogens is 12. The summed E-state index contributed by atoms with van der Waals surface area (Å²) in [5.41, 5.74) is 0. The van der Waals surface area contributed by atoms with Crippen molar-refractivity contribution in [2.24, 2.45) is 0 Å². The van der Waals surface area contributed by atoms with Gasteiger partial charge in [-0.15, -0.1) is 0 Å². The van der Waals surface area contributed by atoms with Crippen LogP contribution < -0.4 is 0 Å². The number of aliphatic hydroxyl groups excluding tert-OH is 1. The highest BCUT2D eigenvalue weighted by Gasteiger charge is 2.90. The fourth-order valence-corrected chi connectivity index (χ4v) is 1.43. The van der Waals surface area contributed by atoms with Crippen molar-refractivity contribution in [3.63, 3.8) is 0 Å². The zero-order chi connectivity index (χ0) is 19.8. The van der Waals surface area contributed by atoms with E-state index in [9.17, 15) is 52.7 Å². The van der Waals surface area contributed by atoms with Gasteiger partial charge >= 0.3 is 35.7 Å². The Morgan fingerprint density at radius 3 is 1.25 bits per heavy atom. The average molecular weight is 390 g/mol. The molecule has 0 aromatic carbocycles. The van der Waals surface area contributed by atoms with Crippen molar-refractivity contribution in [2.75, 3.05) is 6.61 Å². The van der Waals surface area contributed by atoms with Gasteiger partial charge in [0.15, 0.2) is 0 Å². The Labute approximate surface area is 126 Å². The van der Waals surface area contributed by atoms with Gasteiger partial charge in [-0.3, -0.25) is 0 Å². The molecule has 2 nitrogen and oxygen atoms in total. The van der Waals surface area contributed by atoms with Crippen LogP contribution in [0, 0.1) is 0 Å². The summed E-state index contributed by atoms with van der Waals surface area (Å²) in [6.07, 6.45) is -10.9. The summed E-state index contributed by atoms with van der Waals surface area (Å²) in [4.78, 5) is 0. The van der Waals surface area contributed by atoms with Crippen molar-refractivity contribution in [1.29, 1.82) is 0 Å². The van der Waals surface area contributed by atoms with Gasteiger partial charge in [0.25, 0.3) is 0 Å². The topological polar surface area (TPSA) is 40.5 Å². The predicted molar refractivity (Wildman–Crippen MR) is 52.8 cm³/mol. The SMILES string of the molecule is OCCCCC(F)(F)C(F)(F)C(F)(F)C(F)(F)C(F)(F)C(O)(F)F. The number of hydrogen-bond acceptors (Lipinski definition) is 2. The van der Waals surface area contributed by atoms with Crippen molar-refractivity contribution in [3.05, 3.63) is 0 Å². The second-order valence-electron chi connectivity index (χ2n) is 4.72. The minimum Gasteiger partial charge on any atom is -0.396 e. The lowest BCUT2D eigenvalue weighted by molar-refractivity contribution is -0.451. The molecule has 0 aliphatic rings. The molecule has 0 aliphatic carbocycles. The van der Waals surface area contributed by atoms with Crippen LogP contribution >= 0.6 is 0 Å². The molecule has 0 aromatic heterocycles. The van der Waals surface area contributed by atoms with Gasteiger partial charge < -0.3 is 10.2 Å². The molecule has 0 amide bonds. The molecule has 0 spiro atoms. The molecule has 0 radical (unpaired) electrons. The zero-order valence-corrected chi connectivity index (χ0v) is 11.3. The van der Waals surface area contributed by atoms with E-state index in [0.717, 1.165) is 0 Å². The number of alkyl halides is 12. The Hall–Kier alpha value is -0.920. The van der Waals surface area contributed by atoms with E-state index in [2.05, 4.69) is 0 Å². The van der Waals surface area contributed by atoms with Crippen LogP contribution in [0.5, 0.6) is 0 Å². The summed E-state index contributed by atoms with van der Waals surface area (Å²) >= 11 is 0. The Balaban J connectivity index is 5.92. The van der Waals surface area contributed by atoms with Crippen LogP contribution in [0.15, 0.2) is 0 Å². The van der Waals surface area contributed by atoms with E-state index in [4.69, 9.17) is 10.2 Å². The fraction of sp³-hybridized carbons (Fsp3) is 1.00. The molecule has 24 heavy (non-hydrogen) atoms. The average Bonchev–Trinajstić information content (AvgIpc) is 2.36. The molecular formula is C10H10F12O2. The molecule has 0 saturated heterocycles. The van der Waals surface area contributed by atoms with E-state index in [0.29, 0.717) is 0 Å². The van der Waals surface area contributed by atoms with Crippen molar-refractivity contribution in [2.45, 2.75) is 55.0 Å². The van der Waals surface area contributed by atoms with Crippen molar-refractivity contribution in [1.82, 2.24) is 0 Å². The predicted octanol–water partition coefficient (Wildman–Crippen LogP) is 3.91. The lowest BCUT2D eigenvalue weighted by Gasteiger charge is -2.40. The van der Waals surface area contributed by atoms with Crippen LogP contribution in [-0.4, -0.2) is 52.5 Å². The van der Waals surface area contributed by atoms with Crippen LogP contribution in [0.3, 0.4) is 0 Å². The highest BCUT2D eigenvalue weighted by molar-refractivity contribution is 5.09. The second kappa shape index (κ2) is 6.42. The maximum Gasteiger partial charge on any atom is 0.423 e. The maximum absolute atomic E-state index is 13.1. The van der Waals surface area contributed by atoms with Gasteiger partial charge in [0.1, 0.15) is 0 Å². The zero-order valence-electron chi connectivity index (χ0n) is 11.3. The Bertz CT molecular complexity index is 428. The van der Waals surface area contributed by atoms with E-state index in [1.165, 1.54) is 0 Å². The van der Waals surface area contributed by atoms with Gasteiger partial charge in [-0.2, -0.15) is 52.7 Å². The fourth-order valence-electron chi connectivity index (χ4n) is 1.43. The Morgan fingerprint density at radius 2 is 0.917 bits per heavy atom. The van der Waals surface area contributed by atoms with Crippen LogP contribution in [0.2, 0.25) is 0 Å². The molecule has 0 bridgehead atoms. The van der Waals surface area contributed by atoms with Gasteiger partial charge in [-0.25, -0.2) is 0 Å². The van der Waals surface area contributed by atoms with Gasteiger partial charge in [0, 0.05) is 13.0 Å². The van der Waals surface area contributed by atoms with Crippen LogP contribution in [0.25, 0.3) is 0 Å². The van der Waals surface area contributed by atoms with Crippen molar-refractivity contribution >= 4 is 0 Å². The molecular weight excluding hydrogens is 380 g/mol. The number of unbranched alkanes of at least 4 members (excludes halogenated alkanes) is 1. The van der Waals surface area contributed by atoms with Crippen molar-refractivity contribution < 1.29 is 62.9 Å². The summed E-state index contributed by atoms with van der Waals surface area (Å²) in [6.45, 7) is -0.858. The number of hydrogen-bond donors (Lipinski definition) is 2. The molecule has 2 N–H and O–H groups in total. The molecule has 0 fully saturated rings. The highest BCUT2D eigenvalue weighted by atomic mass is 19.4. The third-order valence-corrected chi connectivity index (χ3v) is 2.92. The van der Waals surface area contributed by atoms with E-state index >= 15 is 0 Å². The molecule has 0 saturated carbocycles. The van der Waals surface area contributed by atoms with Crippen molar-refractivity contribution in [3.8, 4) is 0 Å². The first-order valence-electron chi connectivity index (χ1n) is 5.91. The monoisotopic (exact) mass is 390 g/mol. The van der Waals surface area contributed by atoms with E-state index in [-0.39, 0.29) is 0 Å². The van der Waals surface area contributed by atoms with Gasteiger partial charge in [-0.05, 0) is 12.8 Å². The maximum atomic E-state index is 13.1. The molecule has 0 aromatic rings. The first kappa shape index (κ1) is 23.1. The van der Waals surface area contributed by atoms with Gasteiger partial charge in [0.2, 0.25) is 0 Å². The summed E-state index contributed by atoms with van der Waals surface area (Å²) in [6, 6.07) is 0. The summed E-state index contributed by atoms with van der Waals surface area (Å²) < 4.78 is 153. The molecule has 146 valence electrons. The highest BCUT2D eigenvalue weighted by Crippen LogP contribution is 2.60. The smallest absolute Gasteiger partial charge is 0.396 e. The normalized spacial score (nSPS) is 15.8.